The second-order valence-electron chi connectivity index (χ2n) is 8.35. The number of carbonyl (C=O) groups is 2. The van der Waals surface area contributed by atoms with Crippen molar-refractivity contribution in [2.45, 2.75) is 12.5 Å². The molecule has 8 nitrogen and oxygen atoms in total. The lowest BCUT2D eigenvalue weighted by molar-refractivity contribution is -0.908. The molecule has 2 aliphatic rings. The van der Waals surface area contributed by atoms with E-state index in [9.17, 15) is 14.7 Å². The van der Waals surface area contributed by atoms with E-state index in [-0.39, 0.29) is 5.57 Å². The van der Waals surface area contributed by atoms with Crippen LogP contribution in [0.4, 0.5) is 0 Å². The van der Waals surface area contributed by atoms with E-state index in [1.165, 1.54) is 9.80 Å². The molecule has 1 N–H and O–H groups in total. The summed E-state index contributed by atoms with van der Waals surface area (Å²) in [6, 6.07) is 9.33. The Balaban J connectivity index is 1.61. The van der Waals surface area contributed by atoms with Gasteiger partial charge in [-0.15, -0.1) is 0 Å². The molecule has 0 radical (unpaired) electrons. The topological polar surface area (TPSA) is 96.2 Å². The molecular weight excluding hydrogens is 434 g/mol. The maximum Gasteiger partial charge on any atom is 0.295 e. The van der Waals surface area contributed by atoms with Gasteiger partial charge in [0.25, 0.3) is 5.91 Å². The number of rotatable bonds is 9. The van der Waals surface area contributed by atoms with Crippen LogP contribution in [0.15, 0.2) is 67.0 Å². The zero-order valence-electron chi connectivity index (χ0n) is 19.1. The summed E-state index contributed by atoms with van der Waals surface area (Å²) in [5.74, 6) is -1.25. The number of amides is 1. The van der Waals surface area contributed by atoms with Crippen LogP contribution in [-0.4, -0.2) is 67.6 Å². The van der Waals surface area contributed by atoms with Crippen molar-refractivity contribution < 1.29 is 29.1 Å². The van der Waals surface area contributed by atoms with Crippen LogP contribution in [0.25, 0.3) is 5.76 Å². The third kappa shape index (κ3) is 5.18. The number of nitrogens with zero attached hydrogens (tertiary/aromatic N) is 2. The molecule has 2 saturated heterocycles. The first-order chi connectivity index (χ1) is 16.6. The Morgan fingerprint density at radius 3 is 2.68 bits per heavy atom. The SMILES string of the molecule is C=CCOc1ccc(C([O-])=C2C(=O)C(=O)N(CCC[NH+]3CCOCC3)C2c2cccnc2)cc1. The van der Waals surface area contributed by atoms with Gasteiger partial charge in [-0.3, -0.25) is 14.6 Å². The van der Waals surface area contributed by atoms with Crippen molar-refractivity contribution in [1.29, 1.82) is 0 Å². The number of hydrogen-bond donors (Lipinski definition) is 1. The van der Waals surface area contributed by atoms with Crippen molar-refractivity contribution in [3.63, 3.8) is 0 Å². The van der Waals surface area contributed by atoms with Crippen molar-refractivity contribution >= 4 is 17.4 Å². The predicted octanol–water partition coefficient (Wildman–Crippen LogP) is 0.176. The minimum absolute atomic E-state index is 0.0310. The summed E-state index contributed by atoms with van der Waals surface area (Å²) in [4.78, 5) is 33.2. The molecule has 4 rings (SSSR count). The van der Waals surface area contributed by atoms with Gasteiger partial charge in [0, 0.05) is 30.9 Å². The minimum Gasteiger partial charge on any atom is -0.872 e. The van der Waals surface area contributed by atoms with Crippen molar-refractivity contribution in [3.05, 3.63) is 78.1 Å². The first kappa shape index (κ1) is 23.7. The molecule has 0 spiro atoms. The molecule has 2 aromatic rings. The van der Waals surface area contributed by atoms with Crippen LogP contribution in [0.3, 0.4) is 0 Å². The first-order valence-electron chi connectivity index (χ1n) is 11.5. The van der Waals surface area contributed by atoms with Crippen LogP contribution in [-0.2, 0) is 14.3 Å². The third-order valence-electron chi connectivity index (χ3n) is 6.14. The number of aromatic nitrogens is 1. The molecule has 1 aromatic heterocycles. The average molecular weight is 464 g/mol. The molecule has 34 heavy (non-hydrogen) atoms. The molecular formula is C26H29N3O5. The van der Waals surface area contributed by atoms with E-state index >= 15 is 0 Å². The summed E-state index contributed by atoms with van der Waals surface area (Å²) < 4.78 is 10.9. The Morgan fingerprint density at radius 1 is 1.24 bits per heavy atom. The second-order valence-corrected chi connectivity index (χ2v) is 8.35. The highest BCUT2D eigenvalue weighted by Gasteiger charge is 2.44. The summed E-state index contributed by atoms with van der Waals surface area (Å²) in [7, 11) is 0. The van der Waals surface area contributed by atoms with Gasteiger partial charge in [0.1, 0.15) is 25.4 Å². The standard InChI is InChI=1S/C26H29N3O5/c1-2-15-34-21-8-6-19(7-9-21)24(30)22-23(20-5-3-10-27-18-20)29(26(32)25(22)31)12-4-11-28-13-16-33-17-14-28/h2-3,5-10,18,23,30H,1,4,11-17H2. The lowest BCUT2D eigenvalue weighted by Crippen LogP contribution is -3.14. The number of quaternary nitrogens is 1. The van der Waals surface area contributed by atoms with Gasteiger partial charge < -0.3 is 24.4 Å². The van der Waals surface area contributed by atoms with Crippen LogP contribution >= 0.6 is 0 Å². The zero-order chi connectivity index (χ0) is 23.9. The van der Waals surface area contributed by atoms with Gasteiger partial charge >= 0.3 is 0 Å². The largest absolute Gasteiger partial charge is 0.872 e. The lowest BCUT2D eigenvalue weighted by atomic mass is 9.96. The summed E-state index contributed by atoms with van der Waals surface area (Å²) >= 11 is 0. The quantitative estimate of drug-likeness (QED) is 0.247. The molecule has 178 valence electrons. The Labute approximate surface area is 199 Å². The number of likely N-dealkylation sites (tertiary alicyclic amines) is 1. The van der Waals surface area contributed by atoms with E-state index in [1.807, 2.05) is 0 Å². The van der Waals surface area contributed by atoms with Crippen LogP contribution < -0.4 is 14.7 Å². The number of ether oxygens (including phenoxy) is 2. The molecule has 0 aliphatic carbocycles. The number of Topliss-reactive ketones (excluding diaryl/α,β-unsaturated/α-hetero) is 1. The number of morpholine rings is 1. The molecule has 1 amide bonds. The number of nitrogens with one attached hydrogen (secondary N) is 1. The monoisotopic (exact) mass is 463 g/mol. The van der Waals surface area contributed by atoms with Gasteiger partial charge in [0.2, 0.25) is 5.78 Å². The molecule has 2 fully saturated rings. The van der Waals surface area contributed by atoms with E-state index in [2.05, 4.69) is 11.6 Å². The molecule has 3 heterocycles. The Bertz CT molecular complexity index is 1050. The Morgan fingerprint density at radius 2 is 2.00 bits per heavy atom. The highest BCUT2D eigenvalue weighted by atomic mass is 16.5. The molecule has 0 saturated carbocycles. The van der Waals surface area contributed by atoms with Crippen molar-refractivity contribution in [3.8, 4) is 5.75 Å². The molecule has 1 unspecified atom stereocenters. The average Bonchev–Trinajstić information content (AvgIpc) is 3.13. The normalized spacial score (nSPS) is 20.5. The van der Waals surface area contributed by atoms with Gasteiger partial charge in [0.15, 0.2) is 0 Å². The summed E-state index contributed by atoms with van der Waals surface area (Å²) in [6.07, 6.45) is 5.58. The van der Waals surface area contributed by atoms with Gasteiger partial charge in [0.05, 0.1) is 25.8 Å². The van der Waals surface area contributed by atoms with Gasteiger partial charge in [-0.05, 0) is 29.3 Å². The van der Waals surface area contributed by atoms with Crippen LogP contribution in [0.5, 0.6) is 5.75 Å². The maximum absolute atomic E-state index is 13.4. The van der Waals surface area contributed by atoms with E-state index in [1.54, 1.807) is 54.9 Å². The maximum atomic E-state index is 13.4. The second kappa shape index (κ2) is 11.1. The molecule has 1 atom stereocenters. The fourth-order valence-electron chi connectivity index (χ4n) is 4.41. The first-order valence-corrected chi connectivity index (χ1v) is 11.5. The van der Waals surface area contributed by atoms with Crippen LogP contribution in [0.1, 0.15) is 23.6 Å². The predicted molar refractivity (Wildman–Crippen MR) is 124 cm³/mol. The van der Waals surface area contributed by atoms with Crippen LogP contribution in [0, 0.1) is 0 Å². The van der Waals surface area contributed by atoms with Gasteiger partial charge in [-0.2, -0.15) is 0 Å². The van der Waals surface area contributed by atoms with Crippen molar-refractivity contribution in [2.24, 2.45) is 0 Å². The van der Waals surface area contributed by atoms with Crippen molar-refractivity contribution in [1.82, 2.24) is 9.88 Å². The number of hydrogen-bond acceptors (Lipinski definition) is 6. The molecule has 2 aliphatic heterocycles. The lowest BCUT2D eigenvalue weighted by Gasteiger charge is -2.28. The molecule has 0 bridgehead atoms. The van der Waals surface area contributed by atoms with E-state index in [4.69, 9.17) is 9.47 Å². The fourth-order valence-corrected chi connectivity index (χ4v) is 4.41. The third-order valence-corrected chi connectivity index (χ3v) is 6.14. The summed E-state index contributed by atoms with van der Waals surface area (Å²) in [5, 5.41) is 13.4. The Hall–Kier alpha value is -3.49. The highest BCUT2D eigenvalue weighted by Crippen LogP contribution is 2.38. The number of ketones is 1. The van der Waals surface area contributed by atoms with Gasteiger partial charge in [-0.1, -0.05) is 36.6 Å². The van der Waals surface area contributed by atoms with E-state index in [0.29, 0.717) is 30.0 Å². The highest BCUT2D eigenvalue weighted by molar-refractivity contribution is 6.46. The Kier molecular flexibility index (Phi) is 7.72. The van der Waals surface area contributed by atoms with E-state index in [0.717, 1.165) is 39.3 Å². The smallest absolute Gasteiger partial charge is 0.295 e. The minimum atomic E-state index is -0.752. The number of carbonyl (C=O) groups excluding carboxylic acids is 2. The zero-order valence-corrected chi connectivity index (χ0v) is 19.1. The number of pyridine rings is 1. The number of benzene rings is 1. The molecule has 8 heteroatoms. The van der Waals surface area contributed by atoms with Crippen LogP contribution in [0.2, 0.25) is 0 Å². The molecule has 1 aromatic carbocycles. The summed E-state index contributed by atoms with van der Waals surface area (Å²) in [6.45, 7) is 8.55. The van der Waals surface area contributed by atoms with Crippen molar-refractivity contribution in [2.75, 3.05) is 46.0 Å². The van der Waals surface area contributed by atoms with E-state index < -0.39 is 23.5 Å². The fraction of sp³-hybridized carbons (Fsp3) is 0.346. The summed E-state index contributed by atoms with van der Waals surface area (Å²) in [5.41, 5.74) is 0.946. The van der Waals surface area contributed by atoms with Gasteiger partial charge in [-0.25, -0.2) is 0 Å².